The van der Waals surface area contributed by atoms with Gasteiger partial charge in [0.15, 0.2) is 0 Å². The van der Waals surface area contributed by atoms with E-state index in [1.54, 1.807) is 7.11 Å². The van der Waals surface area contributed by atoms with E-state index in [1.807, 2.05) is 0 Å². The van der Waals surface area contributed by atoms with Gasteiger partial charge in [-0.25, -0.2) is 0 Å². The van der Waals surface area contributed by atoms with Gasteiger partial charge in [0.05, 0.1) is 7.11 Å². The van der Waals surface area contributed by atoms with Gasteiger partial charge in [-0.15, -0.1) is 0 Å². The fourth-order valence-electron chi connectivity index (χ4n) is 2.91. The number of piperidine rings is 1. The first-order chi connectivity index (χ1) is 8.20. The molecule has 0 aliphatic carbocycles. The summed E-state index contributed by atoms with van der Waals surface area (Å²) in [4.78, 5) is 0. The van der Waals surface area contributed by atoms with E-state index in [-0.39, 0.29) is 0 Å². The van der Waals surface area contributed by atoms with Crippen LogP contribution in [0.4, 0.5) is 0 Å². The average molecular weight is 233 g/mol. The monoisotopic (exact) mass is 233 g/mol. The van der Waals surface area contributed by atoms with Crippen LogP contribution >= 0.6 is 0 Å². The molecule has 0 saturated carbocycles. The van der Waals surface area contributed by atoms with Crippen LogP contribution in [0, 0.1) is 19.8 Å². The summed E-state index contributed by atoms with van der Waals surface area (Å²) in [6.07, 6.45) is 3.87. The van der Waals surface area contributed by atoms with Crippen molar-refractivity contribution in [1.82, 2.24) is 5.32 Å². The SMILES string of the molecule is COc1c(C)cc(C[C@@H]2CCCNC2)cc1C. The van der Waals surface area contributed by atoms with Crippen molar-refractivity contribution in [3.8, 4) is 5.75 Å². The molecule has 0 spiro atoms. The zero-order chi connectivity index (χ0) is 12.3. The molecule has 17 heavy (non-hydrogen) atoms. The second kappa shape index (κ2) is 5.54. The third kappa shape index (κ3) is 3.01. The van der Waals surface area contributed by atoms with Gasteiger partial charge in [0.25, 0.3) is 0 Å². The molecule has 0 amide bonds. The Hall–Kier alpha value is -1.02. The van der Waals surface area contributed by atoms with Gasteiger partial charge in [0.1, 0.15) is 5.75 Å². The minimum absolute atomic E-state index is 0.802. The van der Waals surface area contributed by atoms with Crippen LogP contribution in [0.5, 0.6) is 5.75 Å². The van der Waals surface area contributed by atoms with E-state index in [4.69, 9.17) is 4.74 Å². The molecule has 1 heterocycles. The molecule has 0 unspecified atom stereocenters. The van der Waals surface area contributed by atoms with Crippen LogP contribution in [0.3, 0.4) is 0 Å². The molecule has 1 aromatic rings. The van der Waals surface area contributed by atoms with Crippen LogP contribution < -0.4 is 10.1 Å². The molecule has 1 aliphatic rings. The van der Waals surface area contributed by atoms with Crippen LogP contribution in [0.1, 0.15) is 29.5 Å². The van der Waals surface area contributed by atoms with Crippen LogP contribution in [-0.4, -0.2) is 20.2 Å². The fourth-order valence-corrected chi connectivity index (χ4v) is 2.91. The van der Waals surface area contributed by atoms with Gasteiger partial charge in [-0.3, -0.25) is 0 Å². The maximum atomic E-state index is 5.41. The van der Waals surface area contributed by atoms with Crippen LogP contribution in [0.25, 0.3) is 0 Å². The van der Waals surface area contributed by atoms with Crippen molar-refractivity contribution < 1.29 is 4.74 Å². The lowest BCUT2D eigenvalue weighted by atomic mass is 9.91. The molecule has 1 aliphatic heterocycles. The van der Waals surface area contributed by atoms with Crippen molar-refractivity contribution in [2.75, 3.05) is 20.2 Å². The number of aryl methyl sites for hydroxylation is 2. The predicted molar refractivity (Wildman–Crippen MR) is 71.8 cm³/mol. The Morgan fingerprint density at radius 2 is 2.00 bits per heavy atom. The molecule has 1 aromatic carbocycles. The number of benzene rings is 1. The van der Waals surface area contributed by atoms with E-state index in [2.05, 4.69) is 31.3 Å². The molecular formula is C15H23NO. The van der Waals surface area contributed by atoms with Crippen LogP contribution in [0.15, 0.2) is 12.1 Å². The highest BCUT2D eigenvalue weighted by molar-refractivity contribution is 5.43. The summed E-state index contributed by atoms with van der Waals surface area (Å²) in [5, 5.41) is 3.48. The molecule has 2 heteroatoms. The average Bonchev–Trinajstić information content (AvgIpc) is 2.30. The van der Waals surface area contributed by atoms with Crippen molar-refractivity contribution in [2.45, 2.75) is 33.1 Å². The smallest absolute Gasteiger partial charge is 0.124 e. The van der Waals surface area contributed by atoms with Gasteiger partial charge in [-0.2, -0.15) is 0 Å². The van der Waals surface area contributed by atoms with E-state index < -0.39 is 0 Å². The van der Waals surface area contributed by atoms with E-state index in [0.717, 1.165) is 11.7 Å². The predicted octanol–water partition coefficient (Wildman–Crippen LogP) is 2.85. The number of rotatable bonds is 3. The van der Waals surface area contributed by atoms with Crippen LogP contribution in [0.2, 0.25) is 0 Å². The molecule has 0 radical (unpaired) electrons. The van der Waals surface area contributed by atoms with Gasteiger partial charge in [0.2, 0.25) is 0 Å². The van der Waals surface area contributed by atoms with Gasteiger partial charge >= 0.3 is 0 Å². The number of nitrogens with one attached hydrogen (secondary N) is 1. The molecule has 1 saturated heterocycles. The first-order valence-corrected chi connectivity index (χ1v) is 6.55. The second-order valence-corrected chi connectivity index (χ2v) is 5.18. The number of hydrogen-bond donors (Lipinski definition) is 1. The fraction of sp³-hybridized carbons (Fsp3) is 0.600. The Morgan fingerprint density at radius 1 is 1.29 bits per heavy atom. The van der Waals surface area contributed by atoms with E-state index in [1.165, 1.54) is 49.0 Å². The lowest BCUT2D eigenvalue weighted by molar-refractivity contribution is 0.375. The van der Waals surface area contributed by atoms with Crippen molar-refractivity contribution in [1.29, 1.82) is 0 Å². The van der Waals surface area contributed by atoms with Crippen molar-refractivity contribution in [3.63, 3.8) is 0 Å². The maximum absolute atomic E-state index is 5.41. The normalized spacial score (nSPS) is 20.3. The van der Waals surface area contributed by atoms with Gasteiger partial charge in [-0.05, 0) is 68.8 Å². The van der Waals surface area contributed by atoms with Crippen molar-refractivity contribution in [3.05, 3.63) is 28.8 Å². The van der Waals surface area contributed by atoms with E-state index >= 15 is 0 Å². The zero-order valence-electron chi connectivity index (χ0n) is 11.2. The Bertz CT molecular complexity index is 358. The molecule has 1 atom stereocenters. The lowest BCUT2D eigenvalue weighted by Crippen LogP contribution is -2.30. The number of hydrogen-bond acceptors (Lipinski definition) is 2. The van der Waals surface area contributed by atoms with Crippen LogP contribution in [-0.2, 0) is 6.42 Å². The van der Waals surface area contributed by atoms with E-state index in [0.29, 0.717) is 0 Å². The Kier molecular flexibility index (Phi) is 4.06. The Morgan fingerprint density at radius 3 is 2.53 bits per heavy atom. The third-order valence-corrected chi connectivity index (χ3v) is 3.65. The summed E-state index contributed by atoms with van der Waals surface area (Å²) in [5.41, 5.74) is 3.96. The molecule has 2 rings (SSSR count). The molecule has 2 nitrogen and oxygen atoms in total. The maximum Gasteiger partial charge on any atom is 0.124 e. The van der Waals surface area contributed by atoms with Crippen molar-refractivity contribution >= 4 is 0 Å². The highest BCUT2D eigenvalue weighted by Crippen LogP contribution is 2.26. The summed E-state index contributed by atoms with van der Waals surface area (Å²) in [6, 6.07) is 4.56. The first kappa shape index (κ1) is 12.4. The quantitative estimate of drug-likeness (QED) is 0.867. The molecule has 0 bridgehead atoms. The largest absolute Gasteiger partial charge is 0.496 e. The lowest BCUT2D eigenvalue weighted by Gasteiger charge is -2.23. The standard InChI is InChI=1S/C15H23NO/c1-11-7-14(8-12(2)15(11)17-3)9-13-5-4-6-16-10-13/h7-8,13,16H,4-6,9-10H2,1-3H3/t13-/m0/s1. The summed E-state index contributed by atoms with van der Waals surface area (Å²) in [7, 11) is 1.75. The molecule has 1 fully saturated rings. The third-order valence-electron chi connectivity index (χ3n) is 3.65. The first-order valence-electron chi connectivity index (χ1n) is 6.55. The summed E-state index contributed by atoms with van der Waals surface area (Å²) < 4.78 is 5.41. The minimum Gasteiger partial charge on any atom is -0.496 e. The van der Waals surface area contributed by atoms with Gasteiger partial charge in [0, 0.05) is 0 Å². The van der Waals surface area contributed by atoms with Gasteiger partial charge < -0.3 is 10.1 Å². The summed E-state index contributed by atoms with van der Waals surface area (Å²) in [5.74, 6) is 1.84. The molecular weight excluding hydrogens is 210 g/mol. The zero-order valence-corrected chi connectivity index (χ0v) is 11.2. The molecule has 94 valence electrons. The second-order valence-electron chi connectivity index (χ2n) is 5.18. The summed E-state index contributed by atoms with van der Waals surface area (Å²) >= 11 is 0. The molecule has 1 N–H and O–H groups in total. The van der Waals surface area contributed by atoms with Gasteiger partial charge in [-0.1, -0.05) is 12.1 Å². The highest BCUT2D eigenvalue weighted by atomic mass is 16.5. The topological polar surface area (TPSA) is 21.3 Å². The Balaban J connectivity index is 2.10. The van der Waals surface area contributed by atoms with E-state index in [9.17, 15) is 0 Å². The van der Waals surface area contributed by atoms with Crippen molar-refractivity contribution in [2.24, 2.45) is 5.92 Å². The number of methoxy groups -OCH3 is 1. The Labute approximate surface area is 104 Å². The molecule has 0 aromatic heterocycles. The highest BCUT2D eigenvalue weighted by Gasteiger charge is 2.14. The minimum atomic E-state index is 0.802. The summed E-state index contributed by atoms with van der Waals surface area (Å²) in [6.45, 7) is 6.63. The number of ether oxygens (including phenoxy) is 1.